The topological polar surface area (TPSA) is 32.3 Å². The molecule has 0 spiro atoms. The van der Waals surface area contributed by atoms with Crippen LogP contribution in [0.5, 0.6) is 0 Å². The van der Waals surface area contributed by atoms with Crippen LogP contribution < -0.4 is 5.32 Å². The molecule has 1 fully saturated rings. The third kappa shape index (κ3) is 4.65. The number of nitrogens with one attached hydrogen (secondary N) is 1. The molecule has 1 unspecified atom stereocenters. The lowest BCUT2D eigenvalue weighted by Crippen LogP contribution is -2.49. The first-order chi connectivity index (χ1) is 9.34. The molecule has 1 heterocycles. The van der Waals surface area contributed by atoms with Gasteiger partial charge in [0.15, 0.2) is 0 Å². The third-order valence-electron chi connectivity index (χ3n) is 3.86. The predicted molar refractivity (Wildman–Crippen MR) is 72.4 cm³/mol. The summed E-state index contributed by atoms with van der Waals surface area (Å²) in [5.41, 5.74) is -0.631. The van der Waals surface area contributed by atoms with Crippen LogP contribution in [0.3, 0.4) is 0 Å². The van der Waals surface area contributed by atoms with Crippen LogP contribution >= 0.6 is 0 Å². The monoisotopic (exact) mass is 294 g/mol. The predicted octanol–water partition coefficient (Wildman–Crippen LogP) is 2.96. The molecule has 1 aliphatic rings. The summed E-state index contributed by atoms with van der Waals surface area (Å²) in [5, 5.41) is 3.12. The second kappa shape index (κ2) is 7.29. The largest absolute Gasteiger partial charge is 0.406 e. The van der Waals surface area contributed by atoms with Crippen molar-refractivity contribution in [3.8, 4) is 0 Å². The average Bonchev–Trinajstić information content (AvgIpc) is 2.82. The minimum absolute atomic E-state index is 0.195. The molecule has 0 aliphatic carbocycles. The van der Waals surface area contributed by atoms with E-state index in [0.29, 0.717) is 32.4 Å². The number of unbranched alkanes of at least 4 members (excludes halogenated alkanes) is 1. The fourth-order valence-electron chi connectivity index (χ4n) is 2.88. The summed E-state index contributed by atoms with van der Waals surface area (Å²) in [6, 6.07) is 0. The Morgan fingerprint density at radius 3 is 2.45 bits per heavy atom. The summed E-state index contributed by atoms with van der Waals surface area (Å²) >= 11 is 0. The van der Waals surface area contributed by atoms with Gasteiger partial charge in [0.25, 0.3) is 0 Å². The van der Waals surface area contributed by atoms with Gasteiger partial charge in [-0.15, -0.1) is 0 Å². The van der Waals surface area contributed by atoms with Gasteiger partial charge in [0.05, 0.1) is 5.41 Å². The summed E-state index contributed by atoms with van der Waals surface area (Å²) in [4.78, 5) is 13.6. The van der Waals surface area contributed by atoms with Crippen LogP contribution in [0, 0.1) is 5.41 Å². The Morgan fingerprint density at radius 2 is 2.00 bits per heavy atom. The first kappa shape index (κ1) is 17.3. The number of nitrogens with zero attached hydrogens (tertiary/aromatic N) is 1. The van der Waals surface area contributed by atoms with Crippen molar-refractivity contribution in [2.75, 3.05) is 26.2 Å². The lowest BCUT2D eigenvalue weighted by atomic mass is 9.81. The first-order valence-corrected chi connectivity index (χ1v) is 7.41. The highest BCUT2D eigenvalue weighted by atomic mass is 19.4. The van der Waals surface area contributed by atoms with Gasteiger partial charge in [-0.05, 0) is 25.8 Å². The Labute approximate surface area is 118 Å². The Balaban J connectivity index is 2.83. The molecule has 6 heteroatoms. The zero-order valence-electron chi connectivity index (χ0n) is 12.4. The van der Waals surface area contributed by atoms with Crippen molar-refractivity contribution in [1.82, 2.24) is 10.2 Å². The smallest absolute Gasteiger partial charge is 0.333 e. The highest BCUT2D eigenvalue weighted by molar-refractivity contribution is 5.83. The number of halogens is 3. The zero-order chi connectivity index (χ0) is 15.2. The molecular formula is C14H25F3N2O. The maximum absolute atomic E-state index is 12.7. The molecule has 1 saturated heterocycles. The number of alkyl halides is 3. The van der Waals surface area contributed by atoms with E-state index < -0.39 is 18.1 Å². The third-order valence-corrected chi connectivity index (χ3v) is 3.86. The Hall–Kier alpha value is -0.780. The average molecular weight is 294 g/mol. The molecule has 0 aromatic heterocycles. The number of rotatable bonds is 7. The molecule has 0 saturated carbocycles. The van der Waals surface area contributed by atoms with Gasteiger partial charge < -0.3 is 10.2 Å². The van der Waals surface area contributed by atoms with E-state index in [-0.39, 0.29) is 12.5 Å². The molecule has 1 N–H and O–H groups in total. The standard InChI is InChI=1S/C14H25F3N2O/c1-3-5-9-19(11-14(15,16)17)12(20)13(6-4-2)7-8-18-10-13/h18H,3-11H2,1-2H3. The molecular weight excluding hydrogens is 269 g/mol. The Morgan fingerprint density at radius 1 is 1.30 bits per heavy atom. The highest BCUT2D eigenvalue weighted by Crippen LogP contribution is 2.34. The molecule has 1 aliphatic heterocycles. The minimum Gasteiger partial charge on any atom is -0.333 e. The Kier molecular flexibility index (Phi) is 6.30. The van der Waals surface area contributed by atoms with Gasteiger partial charge in [0.1, 0.15) is 6.54 Å². The molecule has 1 amide bonds. The van der Waals surface area contributed by atoms with Gasteiger partial charge >= 0.3 is 6.18 Å². The van der Waals surface area contributed by atoms with E-state index in [1.165, 1.54) is 0 Å². The Bertz CT molecular complexity index is 312. The molecule has 0 aromatic carbocycles. The van der Waals surface area contributed by atoms with Crippen molar-refractivity contribution >= 4 is 5.91 Å². The molecule has 1 atom stereocenters. The minimum atomic E-state index is -4.33. The molecule has 0 radical (unpaired) electrons. The van der Waals surface area contributed by atoms with E-state index in [4.69, 9.17) is 0 Å². The van der Waals surface area contributed by atoms with Crippen molar-refractivity contribution in [2.24, 2.45) is 5.41 Å². The molecule has 20 heavy (non-hydrogen) atoms. The summed E-state index contributed by atoms with van der Waals surface area (Å²) in [7, 11) is 0. The van der Waals surface area contributed by atoms with Gasteiger partial charge in [-0.1, -0.05) is 26.7 Å². The van der Waals surface area contributed by atoms with E-state index >= 15 is 0 Å². The number of carbonyl (C=O) groups is 1. The number of carbonyl (C=O) groups excluding carboxylic acids is 1. The van der Waals surface area contributed by atoms with Crippen LogP contribution in [0.4, 0.5) is 13.2 Å². The van der Waals surface area contributed by atoms with E-state index in [9.17, 15) is 18.0 Å². The van der Waals surface area contributed by atoms with Crippen LogP contribution in [-0.2, 0) is 4.79 Å². The number of hydrogen-bond acceptors (Lipinski definition) is 2. The SMILES string of the molecule is CCCCN(CC(F)(F)F)C(=O)C1(CCC)CCNC1. The number of amides is 1. The van der Waals surface area contributed by atoms with E-state index in [2.05, 4.69) is 5.32 Å². The van der Waals surface area contributed by atoms with Gasteiger partial charge in [0, 0.05) is 13.1 Å². The molecule has 3 nitrogen and oxygen atoms in total. The van der Waals surface area contributed by atoms with Crippen LogP contribution in [0.15, 0.2) is 0 Å². The van der Waals surface area contributed by atoms with Crippen molar-refractivity contribution in [3.05, 3.63) is 0 Å². The lowest BCUT2D eigenvalue weighted by Gasteiger charge is -2.34. The van der Waals surface area contributed by atoms with Gasteiger partial charge in [0.2, 0.25) is 5.91 Å². The van der Waals surface area contributed by atoms with Gasteiger partial charge in [-0.2, -0.15) is 13.2 Å². The van der Waals surface area contributed by atoms with Crippen LogP contribution in [0.1, 0.15) is 46.0 Å². The quantitative estimate of drug-likeness (QED) is 0.783. The fourth-order valence-corrected chi connectivity index (χ4v) is 2.88. The second-order valence-corrected chi connectivity index (χ2v) is 5.65. The van der Waals surface area contributed by atoms with Crippen molar-refractivity contribution < 1.29 is 18.0 Å². The van der Waals surface area contributed by atoms with Gasteiger partial charge in [-0.25, -0.2) is 0 Å². The van der Waals surface area contributed by atoms with Crippen LogP contribution in [0.25, 0.3) is 0 Å². The normalized spacial score (nSPS) is 23.1. The van der Waals surface area contributed by atoms with Crippen molar-refractivity contribution in [2.45, 2.75) is 52.1 Å². The summed E-state index contributed by atoms with van der Waals surface area (Å²) in [5.74, 6) is -0.324. The molecule has 0 bridgehead atoms. The summed E-state index contributed by atoms with van der Waals surface area (Å²) in [6.45, 7) is 4.15. The van der Waals surface area contributed by atoms with Crippen molar-refractivity contribution in [1.29, 1.82) is 0 Å². The van der Waals surface area contributed by atoms with Crippen molar-refractivity contribution in [3.63, 3.8) is 0 Å². The van der Waals surface area contributed by atoms with E-state index in [1.54, 1.807) is 0 Å². The lowest BCUT2D eigenvalue weighted by molar-refractivity contribution is -0.167. The second-order valence-electron chi connectivity index (χ2n) is 5.65. The first-order valence-electron chi connectivity index (χ1n) is 7.41. The van der Waals surface area contributed by atoms with Crippen LogP contribution in [0.2, 0.25) is 0 Å². The zero-order valence-corrected chi connectivity index (χ0v) is 12.4. The molecule has 0 aromatic rings. The summed E-state index contributed by atoms with van der Waals surface area (Å²) < 4.78 is 38.0. The maximum atomic E-state index is 12.7. The fraction of sp³-hybridized carbons (Fsp3) is 0.929. The highest BCUT2D eigenvalue weighted by Gasteiger charge is 2.45. The van der Waals surface area contributed by atoms with Gasteiger partial charge in [-0.3, -0.25) is 4.79 Å². The molecule has 1 rings (SSSR count). The summed E-state index contributed by atoms with van der Waals surface area (Å²) in [6.07, 6.45) is -0.846. The molecule has 118 valence electrons. The van der Waals surface area contributed by atoms with E-state index in [0.717, 1.165) is 17.7 Å². The van der Waals surface area contributed by atoms with E-state index in [1.807, 2.05) is 13.8 Å². The maximum Gasteiger partial charge on any atom is 0.406 e. The van der Waals surface area contributed by atoms with Crippen LogP contribution in [-0.4, -0.2) is 43.2 Å². The number of hydrogen-bond donors (Lipinski definition) is 1.